The Balaban J connectivity index is 1.35. The molecule has 3 aromatic rings. The summed E-state index contributed by atoms with van der Waals surface area (Å²) < 4.78 is 8.41. The number of likely N-dealkylation sites (tertiary alicyclic amines) is 1. The summed E-state index contributed by atoms with van der Waals surface area (Å²) in [6.07, 6.45) is 1.14. The van der Waals surface area contributed by atoms with Crippen LogP contribution in [0.3, 0.4) is 0 Å². The van der Waals surface area contributed by atoms with E-state index in [-0.39, 0.29) is 36.9 Å². The van der Waals surface area contributed by atoms with E-state index in [2.05, 4.69) is 20.9 Å². The molecule has 8 atom stereocenters. The number of nitrogens with zero attached hydrogens (tertiary/aromatic N) is 4. The summed E-state index contributed by atoms with van der Waals surface area (Å²) >= 11 is 0. The first-order valence-electron chi connectivity index (χ1n) is 15.2. The summed E-state index contributed by atoms with van der Waals surface area (Å²) in [5, 5.41) is 24.9. The molecule has 1 aromatic heterocycles. The summed E-state index contributed by atoms with van der Waals surface area (Å²) in [6, 6.07) is 15.4. The summed E-state index contributed by atoms with van der Waals surface area (Å²) in [5.74, 6) is -2.81. The zero-order valence-electron chi connectivity index (χ0n) is 25.1. The molecule has 3 unspecified atom stereocenters. The summed E-state index contributed by atoms with van der Waals surface area (Å²) in [5.41, 5.74) is 0.269. The van der Waals surface area contributed by atoms with Gasteiger partial charge in [-0.1, -0.05) is 74.9 Å². The fraction of sp³-hybridized carbons (Fsp3) is 0.531. The summed E-state index contributed by atoms with van der Waals surface area (Å²) in [6.45, 7) is 7.91. The molecule has 2 aromatic carbocycles. The van der Waals surface area contributed by atoms with Crippen molar-refractivity contribution >= 4 is 28.8 Å². The first-order valence-corrected chi connectivity index (χ1v) is 15.2. The number of carbonyl (C=O) groups excluding carboxylic acids is 3. The number of para-hydroxylation sites is 1. The maximum Gasteiger partial charge on any atom is 0.247 e. The fourth-order valence-electron chi connectivity index (χ4n) is 7.73. The van der Waals surface area contributed by atoms with Gasteiger partial charge in [0.2, 0.25) is 17.7 Å². The molecular formula is C32H40N6O5. The molecule has 2 bridgehead atoms. The Morgan fingerprint density at radius 2 is 1.84 bits per heavy atom. The molecule has 228 valence electrons. The highest BCUT2D eigenvalue weighted by Gasteiger charge is 2.80. The number of aliphatic hydroxyl groups excluding tert-OH is 1. The Bertz CT molecular complexity index is 1530. The van der Waals surface area contributed by atoms with Crippen molar-refractivity contribution in [1.29, 1.82) is 0 Å². The van der Waals surface area contributed by atoms with Gasteiger partial charge in [0.05, 0.1) is 35.6 Å². The number of aliphatic hydroxyl groups is 1. The fourth-order valence-corrected chi connectivity index (χ4v) is 7.73. The number of rotatable bonds is 10. The lowest BCUT2D eigenvalue weighted by Crippen LogP contribution is -2.59. The van der Waals surface area contributed by atoms with Crippen molar-refractivity contribution in [3.8, 4) is 0 Å². The molecule has 6 rings (SSSR count). The highest BCUT2D eigenvalue weighted by atomic mass is 16.5. The van der Waals surface area contributed by atoms with Crippen LogP contribution in [0.25, 0.3) is 11.0 Å². The minimum absolute atomic E-state index is 0.0412. The molecule has 3 aliphatic heterocycles. The maximum absolute atomic E-state index is 14.5. The van der Waals surface area contributed by atoms with Crippen LogP contribution in [0.2, 0.25) is 0 Å². The van der Waals surface area contributed by atoms with Crippen LogP contribution in [0.15, 0.2) is 54.6 Å². The molecular weight excluding hydrogens is 548 g/mol. The van der Waals surface area contributed by atoms with Gasteiger partial charge in [-0.05, 0) is 42.9 Å². The first kappa shape index (κ1) is 29.3. The third-order valence-corrected chi connectivity index (χ3v) is 10.3. The third-order valence-electron chi connectivity index (χ3n) is 10.3. The van der Waals surface area contributed by atoms with Crippen LogP contribution in [0.1, 0.15) is 46.1 Å². The highest BCUT2D eigenvalue weighted by Crippen LogP contribution is 2.65. The molecule has 3 aliphatic rings. The second kappa shape index (κ2) is 11.0. The van der Waals surface area contributed by atoms with Gasteiger partial charge in [0.25, 0.3) is 0 Å². The van der Waals surface area contributed by atoms with Crippen molar-refractivity contribution in [2.45, 2.75) is 77.0 Å². The van der Waals surface area contributed by atoms with Gasteiger partial charge in [-0.25, -0.2) is 4.68 Å². The smallest absolute Gasteiger partial charge is 0.247 e. The number of hydrogen-bond acceptors (Lipinski definition) is 7. The molecule has 3 N–H and O–H groups in total. The number of benzene rings is 2. The Morgan fingerprint density at radius 3 is 2.56 bits per heavy atom. The monoisotopic (exact) mass is 588 g/mol. The van der Waals surface area contributed by atoms with Crippen molar-refractivity contribution in [3.63, 3.8) is 0 Å². The van der Waals surface area contributed by atoms with E-state index in [1.54, 1.807) is 4.68 Å². The van der Waals surface area contributed by atoms with Gasteiger partial charge in [-0.15, -0.1) is 5.10 Å². The van der Waals surface area contributed by atoms with Crippen molar-refractivity contribution in [1.82, 2.24) is 30.5 Å². The van der Waals surface area contributed by atoms with Crippen LogP contribution in [0.4, 0.5) is 0 Å². The van der Waals surface area contributed by atoms with E-state index < -0.39 is 41.0 Å². The average Bonchev–Trinajstić information content (AvgIpc) is 3.69. The highest BCUT2D eigenvalue weighted by molar-refractivity contribution is 5.99. The number of carbonyl (C=O) groups is 3. The lowest BCUT2D eigenvalue weighted by atomic mass is 9.62. The Morgan fingerprint density at radius 1 is 1.12 bits per heavy atom. The predicted molar refractivity (Wildman–Crippen MR) is 158 cm³/mol. The van der Waals surface area contributed by atoms with E-state index >= 15 is 0 Å². The number of fused-ring (bicyclic) bond motifs is 2. The third kappa shape index (κ3) is 4.51. The van der Waals surface area contributed by atoms with Gasteiger partial charge < -0.3 is 25.4 Å². The van der Waals surface area contributed by atoms with Gasteiger partial charge in [0.15, 0.2) is 0 Å². The van der Waals surface area contributed by atoms with E-state index in [9.17, 15) is 19.5 Å². The first-order chi connectivity index (χ1) is 20.7. The van der Waals surface area contributed by atoms with Gasteiger partial charge in [-0.3, -0.25) is 14.4 Å². The maximum atomic E-state index is 14.5. The molecule has 11 heteroatoms. The second-order valence-corrected chi connectivity index (χ2v) is 12.6. The number of amides is 3. The van der Waals surface area contributed by atoms with Crippen LogP contribution >= 0.6 is 0 Å². The summed E-state index contributed by atoms with van der Waals surface area (Å²) in [4.78, 5) is 44.2. The Hall–Kier alpha value is -3.83. The molecule has 0 aliphatic carbocycles. The molecule has 4 heterocycles. The number of ether oxygens (including phenoxy) is 1. The van der Waals surface area contributed by atoms with Crippen molar-refractivity contribution < 1.29 is 24.2 Å². The zero-order valence-corrected chi connectivity index (χ0v) is 25.1. The molecule has 0 saturated carbocycles. The van der Waals surface area contributed by atoms with E-state index in [1.165, 1.54) is 4.90 Å². The number of aromatic nitrogens is 3. The SMILES string of the molecule is CC[C@H](C)[C@H](CO)N1C(=O)[C@@H]2[C@H](C(=O)NCc3ccccc3)[C@@]3(C)OC2(CC3C)C1C(=O)NCn1nnc2ccccc21. The van der Waals surface area contributed by atoms with Crippen molar-refractivity contribution in [3.05, 3.63) is 60.2 Å². The Labute approximate surface area is 250 Å². The van der Waals surface area contributed by atoms with Crippen LogP contribution in [-0.4, -0.2) is 72.6 Å². The summed E-state index contributed by atoms with van der Waals surface area (Å²) in [7, 11) is 0. The van der Waals surface area contributed by atoms with Crippen molar-refractivity contribution in [2.75, 3.05) is 6.61 Å². The van der Waals surface area contributed by atoms with E-state index in [0.29, 0.717) is 24.9 Å². The van der Waals surface area contributed by atoms with E-state index in [1.807, 2.05) is 82.3 Å². The van der Waals surface area contributed by atoms with E-state index in [0.717, 1.165) is 11.1 Å². The number of nitrogens with one attached hydrogen (secondary N) is 2. The molecule has 11 nitrogen and oxygen atoms in total. The predicted octanol–water partition coefficient (Wildman–Crippen LogP) is 2.24. The molecule has 3 fully saturated rings. The zero-order chi connectivity index (χ0) is 30.5. The molecule has 43 heavy (non-hydrogen) atoms. The van der Waals surface area contributed by atoms with Crippen LogP contribution in [0, 0.1) is 23.7 Å². The minimum atomic E-state index is -1.21. The van der Waals surface area contributed by atoms with Crippen LogP contribution < -0.4 is 10.6 Å². The molecule has 3 saturated heterocycles. The average molecular weight is 589 g/mol. The lowest BCUT2D eigenvalue weighted by molar-refractivity contribution is -0.152. The Kier molecular flexibility index (Phi) is 7.50. The van der Waals surface area contributed by atoms with E-state index in [4.69, 9.17) is 4.74 Å². The normalized spacial score (nSPS) is 30.8. The minimum Gasteiger partial charge on any atom is -0.394 e. The molecule has 1 spiro atoms. The van der Waals surface area contributed by atoms with Crippen molar-refractivity contribution in [2.24, 2.45) is 23.7 Å². The topological polar surface area (TPSA) is 139 Å². The number of hydrogen-bond donors (Lipinski definition) is 3. The quantitative estimate of drug-likeness (QED) is 0.330. The second-order valence-electron chi connectivity index (χ2n) is 12.6. The molecule has 3 amide bonds. The van der Waals surface area contributed by atoms with Gasteiger partial charge in [0, 0.05) is 6.54 Å². The van der Waals surface area contributed by atoms with Gasteiger partial charge in [-0.2, -0.15) is 0 Å². The van der Waals surface area contributed by atoms with Gasteiger partial charge >= 0.3 is 0 Å². The van der Waals surface area contributed by atoms with Crippen LogP contribution in [0.5, 0.6) is 0 Å². The molecule has 0 radical (unpaired) electrons. The standard InChI is InChI=1S/C32H40N6O5/c1-5-19(2)24(17-39)38-27(29(41)34-18-37-23-14-10-9-13-22(23)35-36-37)32-15-20(3)31(4,43-32)25(26(32)30(38)42)28(40)33-16-21-11-7-6-8-12-21/h6-14,19-20,24-27,39H,5,15-18H2,1-4H3,(H,33,40)(H,34,41)/t19-,20?,24-,25+,26-,27?,31-,32?/m0/s1. The van der Waals surface area contributed by atoms with Crippen LogP contribution in [-0.2, 0) is 32.3 Å². The lowest BCUT2D eigenvalue weighted by Gasteiger charge is -2.39. The largest absolute Gasteiger partial charge is 0.394 e. The van der Waals surface area contributed by atoms with Gasteiger partial charge in [0.1, 0.15) is 23.8 Å².